The highest BCUT2D eigenvalue weighted by Gasteiger charge is 2.12. The molecule has 0 N–H and O–H groups in total. The van der Waals surface area contributed by atoms with Gasteiger partial charge in [0.25, 0.3) is 5.56 Å². The van der Waals surface area contributed by atoms with Crippen molar-refractivity contribution in [3.8, 4) is 0 Å². The van der Waals surface area contributed by atoms with Gasteiger partial charge in [-0.05, 0) is 54.3 Å². The van der Waals surface area contributed by atoms with Crippen LogP contribution < -0.4 is 5.56 Å². The minimum absolute atomic E-state index is 0.0166. The average molecular weight is 388 g/mol. The number of rotatable bonds is 5. The first kappa shape index (κ1) is 18.4. The maximum absolute atomic E-state index is 13.2. The van der Waals surface area contributed by atoms with Crippen LogP contribution in [0.2, 0.25) is 0 Å². The number of para-hydroxylation sites is 1. The van der Waals surface area contributed by atoms with Crippen molar-refractivity contribution in [1.82, 2.24) is 14.5 Å². The number of hydrogen-bond donors (Lipinski definition) is 0. The smallest absolute Gasteiger partial charge is 0.262 e. The van der Waals surface area contributed by atoms with Crippen LogP contribution in [0.1, 0.15) is 22.3 Å². The lowest BCUT2D eigenvalue weighted by Gasteiger charge is -2.13. The second kappa shape index (κ2) is 7.98. The summed E-state index contributed by atoms with van der Waals surface area (Å²) in [5, 5.41) is 1.37. The maximum Gasteiger partial charge on any atom is 0.262 e. The van der Waals surface area contributed by atoms with Gasteiger partial charge in [0.2, 0.25) is 0 Å². The Morgan fingerprint density at radius 3 is 2.61 bits per heavy atom. The molecule has 0 fully saturated rings. The topological polar surface area (TPSA) is 47.8 Å². The second-order valence-electron chi connectivity index (χ2n) is 6.87. The van der Waals surface area contributed by atoms with Crippen molar-refractivity contribution in [2.24, 2.45) is 0 Å². The molecule has 0 aliphatic rings. The van der Waals surface area contributed by atoms with Gasteiger partial charge in [0.1, 0.15) is 0 Å². The fraction of sp³-hybridized carbons (Fsp3) is 0.174. The molecule has 0 amide bonds. The van der Waals surface area contributed by atoms with Crippen LogP contribution in [0, 0.1) is 13.8 Å². The quantitative estimate of drug-likeness (QED) is 0.366. The summed E-state index contributed by atoms with van der Waals surface area (Å²) in [5.74, 6) is 0.763. The summed E-state index contributed by atoms with van der Waals surface area (Å²) in [6, 6.07) is 17.9. The molecule has 2 aromatic heterocycles. The minimum atomic E-state index is -0.0166. The summed E-state index contributed by atoms with van der Waals surface area (Å²) in [6.07, 6.45) is 3.53. The molecule has 2 aromatic carbocycles. The SMILES string of the molecule is Cc1ccc(CSc2nc3ccccc3c(=O)n2Cc2cccnc2)cc1C. The summed E-state index contributed by atoms with van der Waals surface area (Å²) >= 11 is 1.59. The van der Waals surface area contributed by atoms with E-state index >= 15 is 0 Å². The Morgan fingerprint density at radius 1 is 0.964 bits per heavy atom. The molecule has 0 unspecified atom stereocenters. The van der Waals surface area contributed by atoms with Crippen LogP contribution in [0.15, 0.2) is 76.9 Å². The molecular formula is C23H21N3OS. The minimum Gasteiger partial charge on any atom is -0.283 e. The van der Waals surface area contributed by atoms with Crippen molar-refractivity contribution in [1.29, 1.82) is 0 Å². The van der Waals surface area contributed by atoms with E-state index in [0.717, 1.165) is 22.0 Å². The third-order valence-corrected chi connectivity index (χ3v) is 5.88. The Bertz CT molecular complexity index is 1190. The Kier molecular flexibility index (Phi) is 5.26. The van der Waals surface area contributed by atoms with E-state index in [2.05, 4.69) is 37.0 Å². The third kappa shape index (κ3) is 3.85. The summed E-state index contributed by atoms with van der Waals surface area (Å²) in [7, 11) is 0. The van der Waals surface area contributed by atoms with E-state index in [1.165, 1.54) is 16.7 Å². The first-order chi connectivity index (χ1) is 13.6. The molecule has 5 heteroatoms. The Labute approximate surface area is 168 Å². The van der Waals surface area contributed by atoms with Crippen molar-refractivity contribution < 1.29 is 0 Å². The molecule has 0 atom stereocenters. The standard InChI is InChI=1S/C23H21N3OS/c1-16-9-10-18(12-17(16)2)15-28-23-25-21-8-4-3-7-20(21)22(27)26(23)14-19-6-5-11-24-13-19/h3-13H,14-15H2,1-2H3. The zero-order chi connectivity index (χ0) is 19.5. The number of fused-ring (bicyclic) bond motifs is 1. The van der Waals surface area contributed by atoms with E-state index in [9.17, 15) is 4.79 Å². The van der Waals surface area contributed by atoms with Crippen molar-refractivity contribution in [3.63, 3.8) is 0 Å². The third-order valence-electron chi connectivity index (χ3n) is 4.83. The number of aromatic nitrogens is 3. The molecule has 0 spiro atoms. The highest BCUT2D eigenvalue weighted by atomic mass is 32.2. The van der Waals surface area contributed by atoms with Gasteiger partial charge in [-0.3, -0.25) is 14.3 Å². The lowest BCUT2D eigenvalue weighted by Crippen LogP contribution is -2.24. The first-order valence-electron chi connectivity index (χ1n) is 9.19. The van der Waals surface area contributed by atoms with Gasteiger partial charge in [0, 0.05) is 18.1 Å². The van der Waals surface area contributed by atoms with Gasteiger partial charge in [-0.15, -0.1) is 0 Å². The summed E-state index contributed by atoms with van der Waals surface area (Å²) < 4.78 is 1.76. The van der Waals surface area contributed by atoms with Crippen LogP contribution in [0.25, 0.3) is 10.9 Å². The molecule has 4 rings (SSSR count). The Morgan fingerprint density at radius 2 is 1.82 bits per heavy atom. The zero-order valence-corrected chi connectivity index (χ0v) is 16.7. The fourth-order valence-corrected chi connectivity index (χ4v) is 4.05. The molecule has 0 aliphatic carbocycles. The molecule has 0 radical (unpaired) electrons. The average Bonchev–Trinajstić information content (AvgIpc) is 2.72. The van der Waals surface area contributed by atoms with Gasteiger partial charge >= 0.3 is 0 Å². The number of nitrogens with zero attached hydrogens (tertiary/aromatic N) is 3. The first-order valence-corrected chi connectivity index (χ1v) is 10.2. The molecule has 28 heavy (non-hydrogen) atoms. The Hall–Kier alpha value is -2.92. The van der Waals surface area contributed by atoms with E-state index < -0.39 is 0 Å². The van der Waals surface area contributed by atoms with E-state index in [1.54, 1.807) is 28.7 Å². The fourth-order valence-electron chi connectivity index (χ4n) is 3.11. The largest absolute Gasteiger partial charge is 0.283 e. The van der Waals surface area contributed by atoms with Crippen molar-refractivity contribution in [3.05, 3.63) is 99.6 Å². The highest BCUT2D eigenvalue weighted by molar-refractivity contribution is 7.98. The van der Waals surface area contributed by atoms with E-state index in [4.69, 9.17) is 4.98 Å². The molecule has 0 aliphatic heterocycles. The van der Waals surface area contributed by atoms with Crippen LogP contribution in [-0.2, 0) is 12.3 Å². The van der Waals surface area contributed by atoms with Gasteiger partial charge in [-0.1, -0.05) is 48.2 Å². The van der Waals surface area contributed by atoms with Crippen LogP contribution >= 0.6 is 11.8 Å². The van der Waals surface area contributed by atoms with Crippen LogP contribution in [-0.4, -0.2) is 14.5 Å². The van der Waals surface area contributed by atoms with Crippen molar-refractivity contribution in [2.45, 2.75) is 31.3 Å². The van der Waals surface area contributed by atoms with Gasteiger partial charge in [-0.25, -0.2) is 4.98 Å². The lowest BCUT2D eigenvalue weighted by atomic mass is 10.1. The monoisotopic (exact) mass is 387 g/mol. The molecule has 0 saturated heterocycles. The summed E-state index contributed by atoms with van der Waals surface area (Å²) in [4.78, 5) is 22.1. The molecule has 0 saturated carbocycles. The van der Waals surface area contributed by atoms with Gasteiger partial charge < -0.3 is 0 Å². The molecule has 140 valence electrons. The molecule has 0 bridgehead atoms. The lowest BCUT2D eigenvalue weighted by molar-refractivity contribution is 0.656. The van der Waals surface area contributed by atoms with Crippen LogP contribution in [0.3, 0.4) is 0 Å². The van der Waals surface area contributed by atoms with Gasteiger partial charge in [-0.2, -0.15) is 0 Å². The van der Waals surface area contributed by atoms with E-state index in [1.807, 2.05) is 36.4 Å². The molecule has 4 aromatic rings. The summed E-state index contributed by atoms with van der Waals surface area (Å²) in [5.41, 5.74) is 5.48. The number of benzene rings is 2. The molecule has 2 heterocycles. The van der Waals surface area contributed by atoms with E-state index in [-0.39, 0.29) is 5.56 Å². The predicted octanol–water partition coefficient (Wildman–Crippen LogP) is 4.75. The van der Waals surface area contributed by atoms with Crippen molar-refractivity contribution >= 4 is 22.7 Å². The number of aryl methyl sites for hydroxylation is 2. The normalized spacial score (nSPS) is 11.1. The second-order valence-corrected chi connectivity index (χ2v) is 7.81. The number of thioether (sulfide) groups is 1. The maximum atomic E-state index is 13.2. The van der Waals surface area contributed by atoms with E-state index in [0.29, 0.717) is 11.9 Å². The predicted molar refractivity (Wildman–Crippen MR) is 115 cm³/mol. The zero-order valence-electron chi connectivity index (χ0n) is 15.9. The Balaban J connectivity index is 1.73. The molecular weight excluding hydrogens is 366 g/mol. The highest BCUT2D eigenvalue weighted by Crippen LogP contribution is 2.24. The number of hydrogen-bond acceptors (Lipinski definition) is 4. The molecule has 4 nitrogen and oxygen atoms in total. The van der Waals surface area contributed by atoms with Gasteiger partial charge in [0.15, 0.2) is 5.16 Å². The van der Waals surface area contributed by atoms with Crippen LogP contribution in [0.5, 0.6) is 0 Å². The van der Waals surface area contributed by atoms with Crippen molar-refractivity contribution in [2.75, 3.05) is 0 Å². The summed E-state index contributed by atoms with van der Waals surface area (Å²) in [6.45, 7) is 4.69. The van der Waals surface area contributed by atoms with Gasteiger partial charge in [0.05, 0.1) is 17.4 Å². The number of pyridine rings is 1. The van der Waals surface area contributed by atoms with Crippen LogP contribution in [0.4, 0.5) is 0 Å².